The molecular formula is C46H95O10P. The van der Waals surface area contributed by atoms with Gasteiger partial charge in [-0.2, -0.15) is 0 Å². The molecule has 0 spiro atoms. The molecule has 0 saturated carbocycles. The van der Waals surface area contributed by atoms with Crippen molar-refractivity contribution in [1.29, 1.82) is 0 Å². The summed E-state index contributed by atoms with van der Waals surface area (Å²) in [4.78, 5) is 10.1. The molecule has 0 bridgehead atoms. The van der Waals surface area contributed by atoms with Gasteiger partial charge in [-0.15, -0.1) is 0 Å². The van der Waals surface area contributed by atoms with Gasteiger partial charge in [-0.25, -0.2) is 4.57 Å². The maximum atomic E-state index is 12.4. The van der Waals surface area contributed by atoms with Gasteiger partial charge in [0.25, 0.3) is 0 Å². The molecule has 0 rings (SSSR count). The molecule has 0 aromatic carbocycles. The second-order valence-electron chi connectivity index (χ2n) is 19.7. The fourth-order valence-electron chi connectivity index (χ4n) is 7.41. The lowest BCUT2D eigenvalue weighted by Gasteiger charge is -2.27. The van der Waals surface area contributed by atoms with Crippen LogP contribution in [0.15, 0.2) is 0 Å². The summed E-state index contributed by atoms with van der Waals surface area (Å²) >= 11 is 0. The van der Waals surface area contributed by atoms with Gasteiger partial charge in [-0.05, 0) is 75.0 Å². The predicted octanol–water partition coefficient (Wildman–Crippen LogP) is 11.0. The third-order valence-electron chi connectivity index (χ3n) is 11.7. The number of aliphatic hydroxyl groups excluding tert-OH is 2. The van der Waals surface area contributed by atoms with E-state index in [2.05, 4.69) is 55.4 Å². The van der Waals surface area contributed by atoms with E-state index in [-0.39, 0.29) is 26.4 Å². The molecule has 10 nitrogen and oxygen atoms in total. The van der Waals surface area contributed by atoms with Crippen LogP contribution in [0.25, 0.3) is 0 Å². The number of hydrogen-bond acceptors (Lipinski definition) is 9. The van der Waals surface area contributed by atoms with E-state index in [4.69, 9.17) is 23.6 Å². The highest BCUT2D eigenvalue weighted by atomic mass is 31.2. The lowest BCUT2D eigenvalue weighted by atomic mass is 9.89. The fraction of sp³-hybridized carbons (Fsp3) is 1.00. The average molecular weight is 839 g/mol. The Hall–Kier alpha value is -0.130. The Morgan fingerprint density at radius 1 is 0.526 bits per heavy atom. The van der Waals surface area contributed by atoms with Crippen LogP contribution in [0.3, 0.4) is 0 Å². The molecule has 344 valence electrons. The lowest BCUT2D eigenvalue weighted by Crippen LogP contribution is -2.32. The van der Waals surface area contributed by atoms with Gasteiger partial charge in [0, 0.05) is 13.2 Å². The summed E-state index contributed by atoms with van der Waals surface area (Å²) in [5, 5.41) is 40.7. The van der Waals surface area contributed by atoms with Crippen LogP contribution >= 0.6 is 7.82 Å². The molecule has 0 aliphatic heterocycles. The van der Waals surface area contributed by atoms with Crippen molar-refractivity contribution in [2.75, 3.05) is 39.6 Å². The molecule has 0 aromatic heterocycles. The minimum Gasteiger partial charge on any atom is -0.394 e. The molecule has 9 atom stereocenters. The highest BCUT2D eigenvalue weighted by Gasteiger charge is 2.27. The lowest BCUT2D eigenvalue weighted by molar-refractivity contribution is -0.0716. The fourth-order valence-corrected chi connectivity index (χ4v) is 8.20. The molecular weight excluding hydrogens is 743 g/mol. The molecule has 5 N–H and O–H groups in total. The summed E-state index contributed by atoms with van der Waals surface area (Å²) in [5.74, 6) is 4.39. The highest BCUT2D eigenvalue weighted by molar-refractivity contribution is 7.47. The third-order valence-corrected chi connectivity index (χ3v) is 12.7. The van der Waals surface area contributed by atoms with Crippen molar-refractivity contribution >= 4 is 7.82 Å². The molecule has 11 heteroatoms. The van der Waals surface area contributed by atoms with Crippen molar-refractivity contribution in [3.05, 3.63) is 0 Å². The van der Waals surface area contributed by atoms with Gasteiger partial charge < -0.3 is 34.8 Å². The van der Waals surface area contributed by atoms with Gasteiger partial charge >= 0.3 is 7.82 Å². The van der Waals surface area contributed by atoms with E-state index in [1.165, 1.54) is 77.0 Å². The highest BCUT2D eigenvalue weighted by Crippen LogP contribution is 2.43. The molecule has 57 heavy (non-hydrogen) atoms. The number of hydrogen-bond donors (Lipinski definition) is 5. The topological polar surface area (TPSA) is 155 Å². The van der Waals surface area contributed by atoms with Crippen LogP contribution in [0.1, 0.15) is 198 Å². The molecule has 0 radical (unpaired) electrons. The zero-order chi connectivity index (χ0) is 43.3. The largest absolute Gasteiger partial charge is 0.472 e. The van der Waals surface area contributed by atoms with Gasteiger partial charge in [0.1, 0.15) is 12.2 Å². The molecule has 8 unspecified atom stereocenters. The number of phosphoric ester groups is 1. The molecule has 0 aromatic rings. The molecule has 0 saturated heterocycles. The van der Waals surface area contributed by atoms with Gasteiger partial charge in [-0.3, -0.25) is 9.05 Å². The number of rotatable bonds is 40. The number of ether oxygens (including phenoxy) is 2. The summed E-state index contributed by atoms with van der Waals surface area (Å²) in [5.41, 5.74) is -1.80. The van der Waals surface area contributed by atoms with E-state index in [1.54, 1.807) is 0 Å². The molecule has 0 amide bonds. The first-order valence-electron chi connectivity index (χ1n) is 23.2. The van der Waals surface area contributed by atoms with Crippen molar-refractivity contribution in [3.63, 3.8) is 0 Å². The first-order valence-corrected chi connectivity index (χ1v) is 24.7. The maximum Gasteiger partial charge on any atom is 0.472 e. The van der Waals surface area contributed by atoms with Crippen molar-refractivity contribution in [1.82, 2.24) is 0 Å². The molecule has 0 aliphatic carbocycles. The monoisotopic (exact) mass is 839 g/mol. The van der Waals surface area contributed by atoms with E-state index in [1.807, 2.05) is 13.8 Å². The van der Waals surface area contributed by atoms with Gasteiger partial charge in [0.2, 0.25) is 0 Å². The first kappa shape index (κ1) is 56.9. The quantitative estimate of drug-likeness (QED) is 0.0297. The second kappa shape index (κ2) is 32.6. The Labute approximate surface area is 351 Å². The zero-order valence-electron chi connectivity index (χ0n) is 38.7. The van der Waals surface area contributed by atoms with Crippen molar-refractivity contribution in [2.45, 2.75) is 221 Å². The van der Waals surface area contributed by atoms with Crippen molar-refractivity contribution in [3.8, 4) is 0 Å². The summed E-state index contributed by atoms with van der Waals surface area (Å²) in [7, 11) is -4.53. The molecule has 0 aliphatic rings. The molecule has 0 fully saturated rings. The summed E-state index contributed by atoms with van der Waals surface area (Å²) in [6.07, 6.45) is 19.6. The van der Waals surface area contributed by atoms with Crippen LogP contribution in [-0.4, -0.2) is 88.4 Å². The van der Waals surface area contributed by atoms with E-state index in [0.29, 0.717) is 37.5 Å². The van der Waals surface area contributed by atoms with E-state index < -0.39 is 44.4 Å². The second-order valence-corrected chi connectivity index (χ2v) is 21.1. The van der Waals surface area contributed by atoms with Crippen molar-refractivity contribution < 1.29 is 48.4 Å². The molecule has 0 heterocycles. The van der Waals surface area contributed by atoms with Crippen LogP contribution in [0.5, 0.6) is 0 Å². The van der Waals surface area contributed by atoms with Crippen LogP contribution in [0, 0.1) is 35.5 Å². The van der Waals surface area contributed by atoms with Crippen molar-refractivity contribution in [2.24, 2.45) is 35.5 Å². The first-order chi connectivity index (χ1) is 26.6. The maximum absolute atomic E-state index is 12.4. The Balaban J connectivity index is 4.73. The smallest absolute Gasteiger partial charge is 0.394 e. The Kier molecular flexibility index (Phi) is 32.5. The van der Waals surface area contributed by atoms with Gasteiger partial charge in [-0.1, -0.05) is 158 Å². The third kappa shape index (κ3) is 36.3. The predicted molar refractivity (Wildman–Crippen MR) is 235 cm³/mol. The van der Waals surface area contributed by atoms with Crippen LogP contribution < -0.4 is 0 Å². The summed E-state index contributed by atoms with van der Waals surface area (Å²) in [6.45, 7) is 21.3. The Morgan fingerprint density at radius 3 is 1.30 bits per heavy atom. The van der Waals surface area contributed by atoms with Gasteiger partial charge in [0.15, 0.2) is 0 Å². The Bertz CT molecular complexity index is 977. The van der Waals surface area contributed by atoms with Crippen LogP contribution in [-0.2, 0) is 23.1 Å². The minimum atomic E-state index is -4.53. The summed E-state index contributed by atoms with van der Waals surface area (Å²) < 4.78 is 34.3. The minimum absolute atomic E-state index is 0.0538. The normalized spacial score (nSPS) is 18.8. The van der Waals surface area contributed by atoms with Crippen LogP contribution in [0.4, 0.5) is 0 Å². The summed E-state index contributed by atoms with van der Waals surface area (Å²) in [6, 6.07) is 0. The average Bonchev–Trinajstić information content (AvgIpc) is 3.10. The van der Waals surface area contributed by atoms with E-state index in [9.17, 15) is 24.8 Å². The standard InChI is InChI=1S/C46H95O10P/c1-37(2)17-11-19-39(5)21-13-23-41(7)25-15-27-45(9,49)29-31-53-35-44(36-56-57(51,52)55-34-43(48)33-47)54-32-30-46(10,50)28-16-26-42(8)24-14-22-40(6)20-12-18-38(3)4/h37-44,47-50H,11-36H2,1-10H3,(H,51,52)/t39?,40?,41?,42?,43?,44-,45?,46?/m1/s1. The SMILES string of the molecule is CC(C)CCCC(C)CCCC(C)CCCC(C)(O)CCOC[C@H](COP(=O)(O)OCC(O)CO)OCCC(C)(O)CCCC(C)CCCC(C)CCCC(C)C. The van der Waals surface area contributed by atoms with Crippen LogP contribution in [0.2, 0.25) is 0 Å². The van der Waals surface area contributed by atoms with Gasteiger partial charge in [0.05, 0.1) is 37.6 Å². The number of aliphatic hydroxyl groups is 4. The Morgan fingerprint density at radius 2 is 0.895 bits per heavy atom. The number of phosphoric acid groups is 1. The zero-order valence-corrected chi connectivity index (χ0v) is 39.6. The van der Waals surface area contributed by atoms with E-state index >= 15 is 0 Å². The van der Waals surface area contributed by atoms with E-state index in [0.717, 1.165) is 49.4 Å².